The van der Waals surface area contributed by atoms with E-state index < -0.39 is 0 Å². The highest BCUT2D eigenvalue weighted by Gasteiger charge is 2.21. The topological polar surface area (TPSA) is 71.5 Å². The summed E-state index contributed by atoms with van der Waals surface area (Å²) in [5, 5.41) is 2.94. The van der Waals surface area contributed by atoms with Crippen LogP contribution in [0.1, 0.15) is 32.4 Å². The zero-order chi connectivity index (χ0) is 17.4. The zero-order valence-electron chi connectivity index (χ0n) is 14.2. The van der Waals surface area contributed by atoms with E-state index in [0.29, 0.717) is 12.3 Å². The molecule has 2 rings (SSSR count). The van der Waals surface area contributed by atoms with Gasteiger partial charge in [-0.15, -0.1) is 0 Å². The van der Waals surface area contributed by atoms with Gasteiger partial charge < -0.3 is 15.0 Å². The normalized spacial score (nSPS) is 16.8. The van der Waals surface area contributed by atoms with Gasteiger partial charge in [0.05, 0.1) is 18.7 Å². The number of esters is 1. The average Bonchev–Trinajstić information content (AvgIpc) is 2.56. The van der Waals surface area contributed by atoms with Crippen molar-refractivity contribution < 1.29 is 14.3 Å². The number of aromatic nitrogens is 1. The maximum atomic E-state index is 11.6. The number of amides is 1. The molecule has 0 unspecified atom stereocenters. The van der Waals surface area contributed by atoms with Crippen molar-refractivity contribution in [2.45, 2.75) is 39.2 Å². The second-order valence-electron chi connectivity index (χ2n) is 5.62. The molecule has 1 saturated heterocycles. The van der Waals surface area contributed by atoms with Crippen LogP contribution in [0, 0.1) is 11.8 Å². The van der Waals surface area contributed by atoms with Gasteiger partial charge in [0.1, 0.15) is 0 Å². The van der Waals surface area contributed by atoms with Crippen LogP contribution in [0.3, 0.4) is 0 Å². The minimum absolute atomic E-state index is 0.0776. The van der Waals surface area contributed by atoms with Gasteiger partial charge in [-0.05, 0) is 44.7 Å². The summed E-state index contributed by atoms with van der Waals surface area (Å²) < 4.78 is 4.96. The van der Waals surface area contributed by atoms with Gasteiger partial charge in [-0.2, -0.15) is 0 Å². The molecule has 1 aliphatic heterocycles. The molecule has 0 aromatic carbocycles. The molecule has 0 radical (unpaired) electrons. The third-order valence-corrected chi connectivity index (χ3v) is 3.79. The fourth-order valence-corrected chi connectivity index (χ4v) is 2.78. The van der Waals surface area contributed by atoms with Crippen molar-refractivity contribution in [1.29, 1.82) is 0 Å². The van der Waals surface area contributed by atoms with E-state index in [9.17, 15) is 9.59 Å². The first-order valence-electron chi connectivity index (χ1n) is 8.21. The molecular weight excluding hydrogens is 306 g/mol. The lowest BCUT2D eigenvalue weighted by Gasteiger charge is -2.34. The molecule has 0 aliphatic carbocycles. The highest BCUT2D eigenvalue weighted by Crippen LogP contribution is 2.20. The van der Waals surface area contributed by atoms with E-state index in [0.717, 1.165) is 31.6 Å². The maximum absolute atomic E-state index is 11.6. The molecule has 1 atom stereocenters. The van der Waals surface area contributed by atoms with Crippen LogP contribution in [0.5, 0.6) is 0 Å². The predicted octanol–water partition coefficient (Wildman–Crippen LogP) is 1.30. The van der Waals surface area contributed by atoms with Gasteiger partial charge in [0, 0.05) is 31.0 Å². The van der Waals surface area contributed by atoms with E-state index in [1.54, 1.807) is 20.0 Å². The number of carbonyl (C=O) groups is 2. The van der Waals surface area contributed by atoms with Gasteiger partial charge in [-0.1, -0.05) is 5.92 Å². The number of carbonyl (C=O) groups excluding carboxylic acids is 2. The molecule has 1 aliphatic rings. The van der Waals surface area contributed by atoms with Gasteiger partial charge in [0.2, 0.25) is 0 Å². The van der Waals surface area contributed by atoms with Gasteiger partial charge >= 0.3 is 5.97 Å². The highest BCUT2D eigenvalue weighted by molar-refractivity contribution is 5.93. The van der Waals surface area contributed by atoms with Crippen molar-refractivity contribution >= 4 is 17.6 Å². The SMILES string of the molecule is CC#CC(=O)N[C@@H]1CCCN(c2ccnc(CC(=O)OCC)c2)C1. The maximum Gasteiger partial charge on any atom is 0.311 e. The molecule has 0 saturated carbocycles. The molecule has 6 nitrogen and oxygen atoms in total. The summed E-state index contributed by atoms with van der Waals surface area (Å²) in [5.74, 6) is 4.61. The Morgan fingerprint density at radius 3 is 3.08 bits per heavy atom. The van der Waals surface area contributed by atoms with Crippen LogP contribution in [-0.4, -0.2) is 42.6 Å². The first kappa shape index (κ1) is 17.8. The number of nitrogens with one attached hydrogen (secondary N) is 1. The lowest BCUT2D eigenvalue weighted by molar-refractivity contribution is -0.142. The first-order chi connectivity index (χ1) is 11.6. The second-order valence-corrected chi connectivity index (χ2v) is 5.62. The Hall–Kier alpha value is -2.55. The smallest absolute Gasteiger partial charge is 0.311 e. The molecule has 1 amide bonds. The molecule has 1 aromatic rings. The standard InChI is InChI=1S/C18H23N3O3/c1-3-6-17(22)20-14-7-5-10-21(13-14)16-8-9-19-15(11-16)12-18(23)24-4-2/h8-9,11,14H,4-5,7,10,12-13H2,1-2H3,(H,20,22)/t14-/m1/s1. The summed E-state index contributed by atoms with van der Waals surface area (Å²) in [7, 11) is 0. The minimum atomic E-state index is -0.274. The number of ether oxygens (including phenoxy) is 1. The molecule has 0 bridgehead atoms. The van der Waals surface area contributed by atoms with Crippen LogP contribution in [-0.2, 0) is 20.7 Å². The van der Waals surface area contributed by atoms with Crippen molar-refractivity contribution in [1.82, 2.24) is 10.3 Å². The van der Waals surface area contributed by atoms with Gasteiger partial charge in [0.25, 0.3) is 5.91 Å². The molecular formula is C18H23N3O3. The van der Waals surface area contributed by atoms with Crippen LogP contribution in [0.15, 0.2) is 18.3 Å². The third-order valence-electron chi connectivity index (χ3n) is 3.79. The Kier molecular flexibility index (Phi) is 6.62. The molecule has 0 spiro atoms. The number of anilines is 1. The fraction of sp³-hybridized carbons (Fsp3) is 0.500. The van der Waals surface area contributed by atoms with E-state index in [1.807, 2.05) is 12.1 Å². The lowest BCUT2D eigenvalue weighted by Crippen LogP contribution is -2.47. The van der Waals surface area contributed by atoms with Crippen molar-refractivity contribution in [3.8, 4) is 11.8 Å². The molecule has 6 heteroatoms. The van der Waals surface area contributed by atoms with Gasteiger partial charge in [-0.3, -0.25) is 14.6 Å². The summed E-state index contributed by atoms with van der Waals surface area (Å²) in [6, 6.07) is 3.91. The van der Waals surface area contributed by atoms with Crippen molar-refractivity contribution in [2.24, 2.45) is 0 Å². The number of hydrogen-bond donors (Lipinski definition) is 1. The Labute approximate surface area is 142 Å². The van der Waals surface area contributed by atoms with E-state index >= 15 is 0 Å². The molecule has 1 aromatic heterocycles. The summed E-state index contributed by atoms with van der Waals surface area (Å²) in [5.41, 5.74) is 1.69. The fourth-order valence-electron chi connectivity index (χ4n) is 2.78. The Morgan fingerprint density at radius 2 is 2.33 bits per heavy atom. The van der Waals surface area contributed by atoms with Gasteiger partial charge in [0.15, 0.2) is 0 Å². The quantitative estimate of drug-likeness (QED) is 0.651. The summed E-state index contributed by atoms with van der Waals surface area (Å²) in [4.78, 5) is 29.7. The monoisotopic (exact) mass is 329 g/mol. The molecule has 1 N–H and O–H groups in total. The summed E-state index contributed by atoms with van der Waals surface area (Å²) in [6.07, 6.45) is 3.80. The Bertz CT molecular complexity index is 648. The Balaban J connectivity index is 2.00. The molecule has 24 heavy (non-hydrogen) atoms. The minimum Gasteiger partial charge on any atom is -0.466 e. The largest absolute Gasteiger partial charge is 0.466 e. The number of piperidine rings is 1. The van der Waals surface area contributed by atoms with E-state index in [4.69, 9.17) is 4.74 Å². The number of rotatable bonds is 5. The highest BCUT2D eigenvalue weighted by atomic mass is 16.5. The van der Waals surface area contributed by atoms with Crippen molar-refractivity contribution in [2.75, 3.05) is 24.6 Å². The van der Waals surface area contributed by atoms with Crippen LogP contribution in [0.25, 0.3) is 0 Å². The molecule has 1 fully saturated rings. The Morgan fingerprint density at radius 1 is 1.50 bits per heavy atom. The van der Waals surface area contributed by atoms with Crippen molar-refractivity contribution in [3.63, 3.8) is 0 Å². The molecule has 2 heterocycles. The van der Waals surface area contributed by atoms with Crippen LogP contribution in [0.2, 0.25) is 0 Å². The number of pyridine rings is 1. The summed E-state index contributed by atoms with van der Waals surface area (Å²) >= 11 is 0. The zero-order valence-corrected chi connectivity index (χ0v) is 14.2. The lowest BCUT2D eigenvalue weighted by atomic mass is 10.0. The van der Waals surface area contributed by atoms with Gasteiger partial charge in [-0.25, -0.2) is 0 Å². The second kappa shape index (κ2) is 8.92. The number of nitrogens with zero attached hydrogens (tertiary/aromatic N) is 2. The van der Waals surface area contributed by atoms with E-state index in [-0.39, 0.29) is 24.3 Å². The molecule has 128 valence electrons. The average molecular weight is 329 g/mol. The predicted molar refractivity (Wildman–Crippen MR) is 91.4 cm³/mol. The van der Waals surface area contributed by atoms with E-state index in [2.05, 4.69) is 27.0 Å². The first-order valence-corrected chi connectivity index (χ1v) is 8.21. The van der Waals surface area contributed by atoms with Crippen LogP contribution in [0.4, 0.5) is 5.69 Å². The van der Waals surface area contributed by atoms with Crippen molar-refractivity contribution in [3.05, 3.63) is 24.0 Å². The number of hydrogen-bond acceptors (Lipinski definition) is 5. The van der Waals surface area contributed by atoms with Crippen LogP contribution < -0.4 is 10.2 Å². The summed E-state index contributed by atoms with van der Waals surface area (Å²) in [6.45, 7) is 5.43. The van der Waals surface area contributed by atoms with Crippen LogP contribution >= 0.6 is 0 Å². The third kappa shape index (κ3) is 5.27. The van der Waals surface area contributed by atoms with E-state index in [1.165, 1.54) is 0 Å².